The van der Waals surface area contributed by atoms with E-state index in [1.54, 1.807) is 24.1 Å². The van der Waals surface area contributed by atoms with Crippen LogP contribution in [0, 0.1) is 0 Å². The SMILES string of the molecule is COC1CC(CC(=O)O)N(C(=O)CSCc2ccc(Cl)cc2Cl)C1. The molecule has 1 aromatic carbocycles. The van der Waals surface area contributed by atoms with E-state index in [1.165, 1.54) is 11.8 Å². The highest BCUT2D eigenvalue weighted by Gasteiger charge is 2.36. The number of halogens is 2. The summed E-state index contributed by atoms with van der Waals surface area (Å²) in [7, 11) is 1.58. The molecule has 1 amide bonds. The summed E-state index contributed by atoms with van der Waals surface area (Å²) in [5.74, 6) is -0.121. The number of methoxy groups -OCH3 is 1. The number of aliphatic carboxylic acids is 1. The van der Waals surface area contributed by atoms with Crippen LogP contribution in [0.1, 0.15) is 18.4 Å². The van der Waals surface area contributed by atoms with Crippen molar-refractivity contribution in [3.05, 3.63) is 33.8 Å². The van der Waals surface area contributed by atoms with Crippen molar-refractivity contribution in [1.82, 2.24) is 4.90 Å². The average molecular weight is 392 g/mol. The molecule has 0 radical (unpaired) electrons. The average Bonchev–Trinajstić information content (AvgIpc) is 2.91. The molecule has 0 saturated carbocycles. The van der Waals surface area contributed by atoms with Gasteiger partial charge in [0.2, 0.25) is 5.91 Å². The number of hydrogen-bond acceptors (Lipinski definition) is 4. The summed E-state index contributed by atoms with van der Waals surface area (Å²) in [4.78, 5) is 25.0. The number of amides is 1. The van der Waals surface area contributed by atoms with Crippen LogP contribution in [0.4, 0.5) is 0 Å². The van der Waals surface area contributed by atoms with Crippen LogP contribution in [0.5, 0.6) is 0 Å². The first-order valence-corrected chi connectivity index (χ1v) is 9.37. The van der Waals surface area contributed by atoms with Gasteiger partial charge in [0.05, 0.1) is 18.3 Å². The Kier molecular flexibility index (Phi) is 7.22. The van der Waals surface area contributed by atoms with Crippen LogP contribution in [0.3, 0.4) is 0 Å². The van der Waals surface area contributed by atoms with Crippen molar-refractivity contribution in [3.8, 4) is 0 Å². The van der Waals surface area contributed by atoms with E-state index in [0.29, 0.717) is 28.8 Å². The minimum absolute atomic E-state index is 0.0563. The maximum Gasteiger partial charge on any atom is 0.305 e. The van der Waals surface area contributed by atoms with E-state index in [1.807, 2.05) is 6.07 Å². The highest BCUT2D eigenvalue weighted by Crippen LogP contribution is 2.27. The first-order valence-electron chi connectivity index (χ1n) is 7.46. The molecule has 5 nitrogen and oxygen atoms in total. The maximum absolute atomic E-state index is 12.4. The molecule has 0 aliphatic carbocycles. The molecule has 2 atom stereocenters. The fourth-order valence-electron chi connectivity index (χ4n) is 2.71. The molecule has 1 heterocycles. The van der Waals surface area contributed by atoms with E-state index >= 15 is 0 Å². The topological polar surface area (TPSA) is 66.8 Å². The Morgan fingerprint density at radius 3 is 2.79 bits per heavy atom. The Bertz CT molecular complexity index is 614. The third kappa shape index (κ3) is 5.28. The summed E-state index contributed by atoms with van der Waals surface area (Å²) >= 11 is 13.4. The summed E-state index contributed by atoms with van der Waals surface area (Å²) in [6.07, 6.45) is 0.399. The normalized spacial score (nSPS) is 20.4. The molecule has 2 rings (SSSR count). The summed E-state index contributed by atoms with van der Waals surface area (Å²) in [6, 6.07) is 4.97. The second-order valence-corrected chi connectivity index (χ2v) is 7.45. The molecule has 1 aliphatic heterocycles. The van der Waals surface area contributed by atoms with Crippen LogP contribution in [-0.2, 0) is 20.1 Å². The van der Waals surface area contributed by atoms with Gasteiger partial charge in [-0.3, -0.25) is 9.59 Å². The van der Waals surface area contributed by atoms with Gasteiger partial charge in [-0.05, 0) is 24.1 Å². The van der Waals surface area contributed by atoms with Crippen LogP contribution in [0.15, 0.2) is 18.2 Å². The van der Waals surface area contributed by atoms with Crippen molar-refractivity contribution in [2.24, 2.45) is 0 Å². The van der Waals surface area contributed by atoms with Crippen molar-refractivity contribution in [2.45, 2.75) is 30.7 Å². The van der Waals surface area contributed by atoms with Gasteiger partial charge in [0.25, 0.3) is 0 Å². The number of benzene rings is 1. The van der Waals surface area contributed by atoms with Crippen molar-refractivity contribution >= 4 is 46.8 Å². The third-order valence-electron chi connectivity index (χ3n) is 3.94. The van der Waals surface area contributed by atoms with E-state index in [-0.39, 0.29) is 30.2 Å². The van der Waals surface area contributed by atoms with Gasteiger partial charge in [0, 0.05) is 35.5 Å². The molecule has 132 valence electrons. The molecule has 24 heavy (non-hydrogen) atoms. The number of nitrogens with zero attached hydrogens (tertiary/aromatic N) is 1. The lowest BCUT2D eigenvalue weighted by Gasteiger charge is -2.23. The summed E-state index contributed by atoms with van der Waals surface area (Å²) in [6.45, 7) is 0.440. The Morgan fingerprint density at radius 1 is 1.42 bits per heavy atom. The molecule has 0 aromatic heterocycles. The van der Waals surface area contributed by atoms with E-state index in [9.17, 15) is 9.59 Å². The highest BCUT2D eigenvalue weighted by atomic mass is 35.5. The van der Waals surface area contributed by atoms with E-state index < -0.39 is 5.97 Å². The van der Waals surface area contributed by atoms with Gasteiger partial charge in [-0.15, -0.1) is 11.8 Å². The number of carbonyl (C=O) groups is 2. The first-order chi connectivity index (χ1) is 11.4. The van der Waals surface area contributed by atoms with E-state index in [2.05, 4.69) is 0 Å². The van der Waals surface area contributed by atoms with Crippen molar-refractivity contribution < 1.29 is 19.4 Å². The predicted molar refractivity (Wildman–Crippen MR) is 95.8 cm³/mol. The van der Waals surface area contributed by atoms with Gasteiger partial charge in [-0.25, -0.2) is 0 Å². The van der Waals surface area contributed by atoms with Gasteiger partial charge in [-0.1, -0.05) is 29.3 Å². The van der Waals surface area contributed by atoms with Crippen LogP contribution < -0.4 is 0 Å². The number of thioether (sulfide) groups is 1. The third-order valence-corrected chi connectivity index (χ3v) is 5.49. The molecule has 0 bridgehead atoms. The standard InChI is InChI=1S/C16H19Cl2NO4S/c1-23-13-5-12(6-16(21)22)19(7-13)15(20)9-24-8-10-2-3-11(17)4-14(10)18/h2-4,12-13H,5-9H2,1H3,(H,21,22). The fraction of sp³-hybridized carbons (Fsp3) is 0.500. The van der Waals surface area contributed by atoms with Crippen molar-refractivity contribution in [2.75, 3.05) is 19.4 Å². The first kappa shape index (κ1) is 19.4. The van der Waals surface area contributed by atoms with E-state index in [0.717, 1.165) is 5.56 Å². The smallest absolute Gasteiger partial charge is 0.305 e. The fourth-order valence-corrected chi connectivity index (χ4v) is 4.18. The Balaban J connectivity index is 1.89. The summed E-state index contributed by atoms with van der Waals surface area (Å²) < 4.78 is 5.28. The molecule has 8 heteroatoms. The van der Waals surface area contributed by atoms with Gasteiger partial charge in [0.15, 0.2) is 0 Å². The molecule has 1 saturated heterocycles. The van der Waals surface area contributed by atoms with E-state index in [4.69, 9.17) is 33.0 Å². The lowest BCUT2D eigenvalue weighted by atomic mass is 10.1. The van der Waals surface area contributed by atoms with Gasteiger partial charge < -0.3 is 14.7 Å². The Morgan fingerprint density at radius 2 is 2.17 bits per heavy atom. The number of carboxylic acids is 1. The molecule has 2 unspecified atom stereocenters. The molecule has 1 aliphatic rings. The lowest BCUT2D eigenvalue weighted by molar-refractivity contribution is -0.139. The molecule has 0 spiro atoms. The molecule has 1 fully saturated rings. The number of rotatable bonds is 7. The number of carbonyl (C=O) groups excluding carboxylic acids is 1. The van der Waals surface area contributed by atoms with Gasteiger partial charge in [-0.2, -0.15) is 0 Å². The van der Waals surface area contributed by atoms with Crippen LogP contribution in [0.2, 0.25) is 10.0 Å². The lowest BCUT2D eigenvalue weighted by Crippen LogP contribution is -2.38. The predicted octanol–water partition coefficient (Wildman–Crippen LogP) is 3.32. The second kappa shape index (κ2) is 8.94. The van der Waals surface area contributed by atoms with Gasteiger partial charge >= 0.3 is 5.97 Å². The quantitative estimate of drug-likeness (QED) is 0.771. The zero-order chi connectivity index (χ0) is 17.7. The van der Waals surface area contributed by atoms with Crippen LogP contribution in [-0.4, -0.2) is 53.4 Å². The second-order valence-electron chi connectivity index (χ2n) is 5.62. The van der Waals surface area contributed by atoms with Gasteiger partial charge in [0.1, 0.15) is 0 Å². The van der Waals surface area contributed by atoms with Crippen molar-refractivity contribution in [3.63, 3.8) is 0 Å². The number of ether oxygens (including phenoxy) is 1. The maximum atomic E-state index is 12.4. The largest absolute Gasteiger partial charge is 0.481 e. The molecular formula is C16H19Cl2NO4S. The molecular weight excluding hydrogens is 373 g/mol. The number of likely N-dealkylation sites (tertiary alicyclic amines) is 1. The Labute approximate surface area is 155 Å². The van der Waals surface area contributed by atoms with Crippen LogP contribution >= 0.6 is 35.0 Å². The van der Waals surface area contributed by atoms with Crippen LogP contribution in [0.25, 0.3) is 0 Å². The minimum atomic E-state index is -0.907. The number of hydrogen-bond donors (Lipinski definition) is 1. The molecule has 1 aromatic rings. The molecule has 1 N–H and O–H groups in total. The Hall–Kier alpha value is -0.950. The highest BCUT2D eigenvalue weighted by molar-refractivity contribution is 7.99. The summed E-state index contributed by atoms with van der Waals surface area (Å²) in [5.41, 5.74) is 0.914. The summed E-state index contributed by atoms with van der Waals surface area (Å²) in [5, 5.41) is 10.1. The number of carboxylic acid groups (broad SMARTS) is 1. The zero-order valence-corrected chi connectivity index (χ0v) is 15.5. The minimum Gasteiger partial charge on any atom is -0.481 e. The van der Waals surface area contributed by atoms with Crippen molar-refractivity contribution in [1.29, 1.82) is 0 Å². The zero-order valence-electron chi connectivity index (χ0n) is 13.2. The monoisotopic (exact) mass is 391 g/mol.